The molecule has 0 saturated carbocycles. The molecule has 3 aromatic rings. The van der Waals surface area contributed by atoms with E-state index in [2.05, 4.69) is 10.6 Å². The summed E-state index contributed by atoms with van der Waals surface area (Å²) in [5.74, 6) is -0.267. The second-order valence-corrected chi connectivity index (χ2v) is 7.91. The zero-order chi connectivity index (χ0) is 19.6. The number of thiophene rings is 2. The average molecular weight is 409 g/mol. The van der Waals surface area contributed by atoms with E-state index in [1.807, 2.05) is 59.3 Å². The highest BCUT2D eigenvalue weighted by atomic mass is 32.1. The van der Waals surface area contributed by atoms with Gasteiger partial charge in [-0.15, -0.1) is 22.7 Å². The Morgan fingerprint density at radius 2 is 1.25 bits per heavy atom. The molecule has 0 atom stereocenters. The van der Waals surface area contributed by atoms with E-state index in [0.29, 0.717) is 13.1 Å². The normalized spacial score (nSPS) is 11.1. The maximum atomic E-state index is 11.9. The zero-order valence-corrected chi connectivity index (χ0v) is 16.8. The Hall–Kier alpha value is -2.96. The smallest absolute Gasteiger partial charge is 0.244 e. The van der Waals surface area contributed by atoms with E-state index in [1.165, 1.54) is 12.2 Å². The van der Waals surface area contributed by atoms with Gasteiger partial charge in [0.15, 0.2) is 0 Å². The number of amides is 2. The predicted octanol–water partition coefficient (Wildman–Crippen LogP) is 4.47. The summed E-state index contributed by atoms with van der Waals surface area (Å²) >= 11 is 3.17. The summed E-state index contributed by atoms with van der Waals surface area (Å²) in [6, 6.07) is 15.6. The summed E-state index contributed by atoms with van der Waals surface area (Å²) in [5, 5.41) is 9.69. The SMILES string of the molecule is O=C(/C=C\c1cccs1)NCc1cccc(CNC(=O)/C=C\c2cccs2)c1. The minimum Gasteiger partial charge on any atom is -0.348 e. The predicted molar refractivity (Wildman–Crippen MR) is 117 cm³/mol. The average Bonchev–Trinajstić information content (AvgIpc) is 3.42. The van der Waals surface area contributed by atoms with Gasteiger partial charge in [0.25, 0.3) is 0 Å². The topological polar surface area (TPSA) is 58.2 Å². The lowest BCUT2D eigenvalue weighted by atomic mass is 10.1. The van der Waals surface area contributed by atoms with Gasteiger partial charge in [0.05, 0.1) is 0 Å². The first-order valence-electron chi connectivity index (χ1n) is 8.76. The molecule has 0 spiro atoms. The van der Waals surface area contributed by atoms with Gasteiger partial charge in [-0.25, -0.2) is 0 Å². The Morgan fingerprint density at radius 3 is 1.68 bits per heavy atom. The maximum absolute atomic E-state index is 11.9. The van der Waals surface area contributed by atoms with Gasteiger partial charge in [0, 0.05) is 35.0 Å². The van der Waals surface area contributed by atoms with Crippen LogP contribution in [0.1, 0.15) is 20.9 Å². The van der Waals surface area contributed by atoms with E-state index < -0.39 is 0 Å². The van der Waals surface area contributed by atoms with E-state index in [-0.39, 0.29) is 11.8 Å². The van der Waals surface area contributed by atoms with E-state index in [4.69, 9.17) is 0 Å². The van der Waals surface area contributed by atoms with Crippen LogP contribution in [0.4, 0.5) is 0 Å². The van der Waals surface area contributed by atoms with Crippen LogP contribution in [0.15, 0.2) is 71.4 Å². The molecule has 28 heavy (non-hydrogen) atoms. The molecule has 0 fully saturated rings. The maximum Gasteiger partial charge on any atom is 0.244 e. The molecule has 0 saturated heterocycles. The third-order valence-corrected chi connectivity index (χ3v) is 5.48. The third kappa shape index (κ3) is 6.64. The number of rotatable bonds is 8. The third-order valence-electron chi connectivity index (χ3n) is 3.81. The highest BCUT2D eigenvalue weighted by molar-refractivity contribution is 7.11. The second-order valence-electron chi connectivity index (χ2n) is 5.95. The number of hydrogen-bond donors (Lipinski definition) is 2. The number of nitrogens with one attached hydrogen (secondary N) is 2. The molecule has 2 amide bonds. The van der Waals surface area contributed by atoms with Crippen molar-refractivity contribution in [3.63, 3.8) is 0 Å². The summed E-state index contributed by atoms with van der Waals surface area (Å²) in [7, 11) is 0. The largest absolute Gasteiger partial charge is 0.348 e. The van der Waals surface area contributed by atoms with Crippen molar-refractivity contribution >= 4 is 46.6 Å². The number of carbonyl (C=O) groups excluding carboxylic acids is 2. The lowest BCUT2D eigenvalue weighted by molar-refractivity contribution is -0.117. The van der Waals surface area contributed by atoms with Crippen molar-refractivity contribution in [2.45, 2.75) is 13.1 Å². The Morgan fingerprint density at radius 1 is 0.750 bits per heavy atom. The van der Waals surface area contributed by atoms with Gasteiger partial charge in [0.1, 0.15) is 0 Å². The molecule has 0 aliphatic carbocycles. The molecule has 142 valence electrons. The minimum absolute atomic E-state index is 0.133. The minimum atomic E-state index is -0.133. The molecule has 0 aliphatic rings. The Kier molecular flexibility index (Phi) is 7.35. The molecule has 6 heteroatoms. The van der Waals surface area contributed by atoms with Gasteiger partial charge < -0.3 is 10.6 Å². The fraction of sp³-hybridized carbons (Fsp3) is 0.0909. The molecular formula is C22H20N2O2S2. The van der Waals surface area contributed by atoms with Gasteiger partial charge in [-0.2, -0.15) is 0 Å². The first-order chi connectivity index (χ1) is 13.7. The molecular weight excluding hydrogens is 388 g/mol. The van der Waals surface area contributed by atoms with Gasteiger partial charge in [0.2, 0.25) is 11.8 Å². The Balaban J connectivity index is 1.45. The van der Waals surface area contributed by atoms with Crippen molar-refractivity contribution in [3.05, 3.63) is 92.3 Å². The van der Waals surface area contributed by atoms with Crippen LogP contribution in [0.25, 0.3) is 12.2 Å². The molecule has 2 heterocycles. The zero-order valence-electron chi connectivity index (χ0n) is 15.1. The van der Waals surface area contributed by atoms with Crippen LogP contribution in [0.5, 0.6) is 0 Å². The quantitative estimate of drug-likeness (QED) is 0.540. The van der Waals surface area contributed by atoms with Crippen LogP contribution in [0, 0.1) is 0 Å². The lowest BCUT2D eigenvalue weighted by Crippen LogP contribution is -2.21. The highest BCUT2D eigenvalue weighted by Gasteiger charge is 2.01. The van der Waals surface area contributed by atoms with Crippen LogP contribution in [-0.4, -0.2) is 11.8 Å². The molecule has 4 nitrogen and oxygen atoms in total. The number of carbonyl (C=O) groups is 2. The number of hydrogen-bond acceptors (Lipinski definition) is 4. The van der Waals surface area contributed by atoms with Crippen LogP contribution < -0.4 is 10.6 Å². The van der Waals surface area contributed by atoms with Gasteiger partial charge in [-0.3, -0.25) is 9.59 Å². The van der Waals surface area contributed by atoms with Gasteiger partial charge in [-0.05, 0) is 46.2 Å². The van der Waals surface area contributed by atoms with Crippen molar-refractivity contribution in [1.29, 1.82) is 0 Å². The molecule has 3 rings (SSSR count). The van der Waals surface area contributed by atoms with Crippen molar-refractivity contribution in [3.8, 4) is 0 Å². The summed E-state index contributed by atoms with van der Waals surface area (Å²) < 4.78 is 0. The van der Waals surface area contributed by atoms with Crippen LogP contribution >= 0.6 is 22.7 Å². The van der Waals surface area contributed by atoms with E-state index in [1.54, 1.807) is 34.8 Å². The van der Waals surface area contributed by atoms with Crippen molar-refractivity contribution in [1.82, 2.24) is 10.6 Å². The van der Waals surface area contributed by atoms with Crippen LogP contribution in [0.3, 0.4) is 0 Å². The fourth-order valence-corrected chi connectivity index (χ4v) is 3.67. The van der Waals surface area contributed by atoms with Crippen molar-refractivity contribution in [2.75, 3.05) is 0 Å². The first kappa shape index (κ1) is 19.8. The van der Waals surface area contributed by atoms with E-state index >= 15 is 0 Å². The standard InChI is InChI=1S/C22H20N2O2S2/c25-21(10-8-19-6-2-12-27-19)23-15-17-4-1-5-18(14-17)16-24-22(26)11-9-20-7-3-13-28-20/h1-14H,15-16H2,(H,23,25)(H,24,26)/b10-8-,11-9-. The molecule has 0 bridgehead atoms. The summed E-state index contributed by atoms with van der Waals surface area (Å²) in [4.78, 5) is 25.9. The van der Waals surface area contributed by atoms with Gasteiger partial charge in [-0.1, -0.05) is 36.4 Å². The molecule has 1 aromatic carbocycles. The number of benzene rings is 1. The summed E-state index contributed by atoms with van der Waals surface area (Å²) in [5.41, 5.74) is 1.97. The summed E-state index contributed by atoms with van der Waals surface area (Å²) in [6.07, 6.45) is 6.68. The summed E-state index contributed by atoms with van der Waals surface area (Å²) in [6.45, 7) is 0.876. The van der Waals surface area contributed by atoms with Crippen LogP contribution in [-0.2, 0) is 22.7 Å². The second kappa shape index (κ2) is 10.4. The lowest BCUT2D eigenvalue weighted by Gasteiger charge is -2.07. The monoisotopic (exact) mass is 408 g/mol. The van der Waals surface area contributed by atoms with Crippen molar-refractivity contribution < 1.29 is 9.59 Å². The molecule has 2 N–H and O–H groups in total. The highest BCUT2D eigenvalue weighted by Crippen LogP contribution is 2.11. The first-order valence-corrected chi connectivity index (χ1v) is 10.5. The fourth-order valence-electron chi connectivity index (χ4n) is 2.43. The van der Waals surface area contributed by atoms with E-state index in [9.17, 15) is 9.59 Å². The van der Waals surface area contributed by atoms with Crippen LogP contribution in [0.2, 0.25) is 0 Å². The Labute approximate surface area is 172 Å². The Bertz CT molecular complexity index is 883. The molecule has 0 unspecified atom stereocenters. The van der Waals surface area contributed by atoms with E-state index in [0.717, 1.165) is 20.9 Å². The van der Waals surface area contributed by atoms with Crippen molar-refractivity contribution in [2.24, 2.45) is 0 Å². The van der Waals surface area contributed by atoms with Gasteiger partial charge >= 0.3 is 0 Å². The molecule has 2 aromatic heterocycles. The molecule has 0 radical (unpaired) electrons. The molecule has 0 aliphatic heterocycles.